The lowest BCUT2D eigenvalue weighted by atomic mass is 10.1. The Balaban J connectivity index is 1.46. The van der Waals surface area contributed by atoms with E-state index in [2.05, 4.69) is 41.3 Å². The summed E-state index contributed by atoms with van der Waals surface area (Å²) in [5, 5.41) is 3.00. The summed E-state index contributed by atoms with van der Waals surface area (Å²) >= 11 is 1.60. The Labute approximate surface area is 187 Å². The van der Waals surface area contributed by atoms with Gasteiger partial charge in [0.2, 0.25) is 10.0 Å². The third kappa shape index (κ3) is 4.93. The highest BCUT2D eigenvalue weighted by Crippen LogP contribution is 2.29. The lowest BCUT2D eigenvalue weighted by Crippen LogP contribution is -2.24. The van der Waals surface area contributed by atoms with Crippen LogP contribution in [0.4, 0.5) is 0 Å². The van der Waals surface area contributed by atoms with Crippen molar-refractivity contribution in [3.8, 4) is 21.8 Å². The van der Waals surface area contributed by atoms with Gasteiger partial charge < -0.3 is 0 Å². The minimum Gasteiger partial charge on any atom is -0.236 e. The average molecular weight is 449 g/mol. The van der Waals surface area contributed by atoms with Crippen LogP contribution in [0.15, 0.2) is 77.0 Å². The number of hydrogen-bond donors (Lipinski definition) is 1. The predicted molar refractivity (Wildman–Crippen MR) is 128 cm³/mol. The molecule has 31 heavy (non-hydrogen) atoms. The summed E-state index contributed by atoms with van der Waals surface area (Å²) in [6.45, 7) is 6.07. The van der Waals surface area contributed by atoms with Crippen molar-refractivity contribution in [3.05, 3.63) is 94.4 Å². The zero-order valence-corrected chi connectivity index (χ0v) is 19.3. The number of hydrogen-bond acceptors (Lipinski definition) is 4. The zero-order valence-electron chi connectivity index (χ0n) is 17.7. The van der Waals surface area contributed by atoms with Crippen LogP contribution >= 0.6 is 11.3 Å². The van der Waals surface area contributed by atoms with Crippen LogP contribution in [-0.4, -0.2) is 13.4 Å². The predicted octanol–water partition coefficient (Wildman–Crippen LogP) is 5.88. The first-order chi connectivity index (χ1) is 14.8. The quantitative estimate of drug-likeness (QED) is 0.401. The van der Waals surface area contributed by atoms with Crippen molar-refractivity contribution >= 4 is 21.4 Å². The van der Waals surface area contributed by atoms with E-state index in [0.29, 0.717) is 4.90 Å². The van der Waals surface area contributed by atoms with Crippen molar-refractivity contribution in [3.63, 3.8) is 0 Å². The summed E-state index contributed by atoms with van der Waals surface area (Å²) in [4.78, 5) is 5.08. The Hall–Kier alpha value is -2.80. The Kier molecular flexibility index (Phi) is 6.05. The molecule has 158 valence electrons. The van der Waals surface area contributed by atoms with Crippen molar-refractivity contribution in [2.24, 2.45) is 0 Å². The highest BCUT2D eigenvalue weighted by Gasteiger charge is 2.16. The molecule has 1 heterocycles. The molecule has 1 aromatic heterocycles. The van der Waals surface area contributed by atoms with Gasteiger partial charge in [0.15, 0.2) is 0 Å². The average Bonchev–Trinajstić information content (AvgIpc) is 3.23. The first kappa shape index (κ1) is 21.4. The number of thiazole rings is 1. The molecule has 0 fully saturated rings. The fourth-order valence-corrected chi connectivity index (χ4v) is 5.46. The van der Waals surface area contributed by atoms with Gasteiger partial charge in [0, 0.05) is 23.1 Å². The zero-order chi connectivity index (χ0) is 22.0. The van der Waals surface area contributed by atoms with Crippen molar-refractivity contribution in [1.29, 1.82) is 0 Å². The number of aryl methyl sites for hydroxylation is 3. The lowest BCUT2D eigenvalue weighted by molar-refractivity contribution is 0.580. The first-order valence-corrected chi connectivity index (χ1v) is 12.4. The number of rotatable bonds is 6. The van der Waals surface area contributed by atoms with E-state index in [0.717, 1.165) is 38.5 Å². The van der Waals surface area contributed by atoms with Crippen LogP contribution in [0.5, 0.6) is 0 Å². The summed E-state index contributed by atoms with van der Waals surface area (Å²) in [6.07, 6.45) is 0. The topological polar surface area (TPSA) is 59.1 Å². The van der Waals surface area contributed by atoms with Crippen LogP contribution in [0.2, 0.25) is 0 Å². The summed E-state index contributed by atoms with van der Waals surface area (Å²) in [6, 6.07) is 21.5. The van der Waals surface area contributed by atoms with E-state index in [-0.39, 0.29) is 6.54 Å². The monoisotopic (exact) mass is 448 g/mol. The minimum atomic E-state index is -3.56. The second-order valence-electron chi connectivity index (χ2n) is 7.69. The molecule has 0 amide bonds. The molecule has 4 aromatic rings. The molecule has 0 saturated carbocycles. The molecule has 0 aliphatic heterocycles. The van der Waals surface area contributed by atoms with Crippen molar-refractivity contribution in [2.75, 3.05) is 0 Å². The summed E-state index contributed by atoms with van der Waals surface area (Å²) in [5.74, 6) is 0. The first-order valence-electron chi connectivity index (χ1n) is 10.0. The van der Waals surface area contributed by atoms with Crippen LogP contribution in [0.25, 0.3) is 21.8 Å². The second kappa shape index (κ2) is 8.75. The number of sulfonamides is 1. The van der Waals surface area contributed by atoms with E-state index in [4.69, 9.17) is 4.98 Å². The maximum Gasteiger partial charge on any atom is 0.241 e. The SMILES string of the molecule is Cc1ccc(-c2csc(-c3ccc(CNS(=O)(=O)c4ccc(C)cc4C)cc3)n2)cc1. The van der Waals surface area contributed by atoms with E-state index >= 15 is 0 Å². The van der Waals surface area contributed by atoms with Crippen LogP contribution in [0.3, 0.4) is 0 Å². The van der Waals surface area contributed by atoms with Gasteiger partial charge in [-0.3, -0.25) is 0 Å². The molecule has 0 atom stereocenters. The van der Waals surface area contributed by atoms with Gasteiger partial charge in [0.25, 0.3) is 0 Å². The summed E-state index contributed by atoms with van der Waals surface area (Å²) in [5.41, 5.74) is 6.99. The number of nitrogens with one attached hydrogen (secondary N) is 1. The molecule has 0 unspecified atom stereocenters. The van der Waals surface area contributed by atoms with Gasteiger partial charge in [0.05, 0.1) is 10.6 Å². The maximum absolute atomic E-state index is 12.7. The lowest BCUT2D eigenvalue weighted by Gasteiger charge is -2.10. The molecule has 1 N–H and O–H groups in total. The molecular weight excluding hydrogens is 424 g/mol. The van der Waals surface area contributed by atoms with Gasteiger partial charge in [-0.1, -0.05) is 71.8 Å². The van der Waals surface area contributed by atoms with Crippen LogP contribution in [-0.2, 0) is 16.6 Å². The highest BCUT2D eigenvalue weighted by molar-refractivity contribution is 7.89. The third-order valence-electron chi connectivity index (χ3n) is 5.14. The van der Waals surface area contributed by atoms with Gasteiger partial charge in [-0.2, -0.15) is 0 Å². The fourth-order valence-electron chi connectivity index (χ4n) is 3.39. The molecular formula is C25H24N2O2S2. The molecule has 3 aromatic carbocycles. The molecule has 0 spiro atoms. The smallest absolute Gasteiger partial charge is 0.236 e. The van der Waals surface area contributed by atoms with E-state index in [1.165, 1.54) is 5.56 Å². The molecule has 0 radical (unpaired) electrons. The van der Waals surface area contributed by atoms with E-state index in [9.17, 15) is 8.42 Å². The molecule has 4 rings (SSSR count). The van der Waals surface area contributed by atoms with Gasteiger partial charge in [0.1, 0.15) is 5.01 Å². The molecule has 0 bridgehead atoms. The number of nitrogens with zero attached hydrogens (tertiary/aromatic N) is 1. The third-order valence-corrected chi connectivity index (χ3v) is 7.59. The minimum absolute atomic E-state index is 0.239. The Morgan fingerprint density at radius 2 is 1.48 bits per heavy atom. The van der Waals surface area contributed by atoms with Gasteiger partial charge >= 0.3 is 0 Å². The van der Waals surface area contributed by atoms with Crippen LogP contribution in [0, 0.1) is 20.8 Å². The van der Waals surface area contributed by atoms with Crippen molar-refractivity contribution < 1.29 is 8.42 Å². The largest absolute Gasteiger partial charge is 0.241 e. The van der Waals surface area contributed by atoms with Gasteiger partial charge in [-0.25, -0.2) is 18.1 Å². The standard InChI is InChI=1S/C25H24N2O2S2/c1-17-4-9-21(10-5-17)23-16-30-25(27-23)22-11-7-20(8-12-22)15-26-31(28,29)24-13-6-18(2)14-19(24)3/h4-14,16,26H,15H2,1-3H3. The second-order valence-corrected chi connectivity index (χ2v) is 10.3. The Morgan fingerprint density at radius 1 is 0.839 bits per heavy atom. The normalized spacial score (nSPS) is 11.6. The van der Waals surface area contributed by atoms with Crippen molar-refractivity contribution in [1.82, 2.24) is 9.71 Å². The Morgan fingerprint density at radius 3 is 2.16 bits per heavy atom. The van der Waals surface area contributed by atoms with Crippen LogP contribution in [0.1, 0.15) is 22.3 Å². The van der Waals surface area contributed by atoms with E-state index in [1.807, 2.05) is 50.2 Å². The van der Waals surface area contributed by atoms with Crippen molar-refractivity contribution in [2.45, 2.75) is 32.2 Å². The number of aromatic nitrogens is 1. The molecule has 0 aliphatic rings. The van der Waals surface area contributed by atoms with Gasteiger partial charge in [-0.05, 0) is 38.0 Å². The van der Waals surface area contributed by atoms with Gasteiger partial charge in [-0.15, -0.1) is 11.3 Å². The summed E-state index contributed by atoms with van der Waals surface area (Å²) in [7, 11) is -3.56. The fraction of sp³-hybridized carbons (Fsp3) is 0.160. The molecule has 6 heteroatoms. The van der Waals surface area contributed by atoms with Crippen LogP contribution < -0.4 is 4.72 Å². The number of benzene rings is 3. The van der Waals surface area contributed by atoms with E-state index in [1.54, 1.807) is 17.4 Å². The highest BCUT2D eigenvalue weighted by atomic mass is 32.2. The molecule has 0 aliphatic carbocycles. The Bertz CT molecular complexity index is 1310. The van der Waals surface area contributed by atoms with E-state index < -0.39 is 10.0 Å². The molecule has 4 nitrogen and oxygen atoms in total. The summed E-state index contributed by atoms with van der Waals surface area (Å²) < 4.78 is 28.0. The maximum atomic E-state index is 12.7. The molecule has 0 saturated heterocycles.